The van der Waals surface area contributed by atoms with Gasteiger partial charge < -0.3 is 10.6 Å². The Kier molecular flexibility index (Phi) is 5.02. The SMILES string of the molecule is O=C(Cc1ccsc1)NC1Cc2cc(C(=O)NCc3ccccc3)nn2C1. The van der Waals surface area contributed by atoms with E-state index in [0.717, 1.165) is 16.8 Å². The number of carbonyl (C=O) groups is 2. The quantitative estimate of drug-likeness (QED) is 0.688. The second-order valence-electron chi connectivity index (χ2n) is 6.65. The predicted octanol–water partition coefficient (Wildman–Crippen LogP) is 2.16. The Bertz CT molecular complexity index is 911. The second kappa shape index (κ2) is 7.75. The highest BCUT2D eigenvalue weighted by Gasteiger charge is 2.26. The van der Waals surface area contributed by atoms with Crippen LogP contribution >= 0.6 is 11.3 Å². The van der Waals surface area contributed by atoms with Crippen molar-refractivity contribution < 1.29 is 9.59 Å². The fraction of sp³-hybridized carbons (Fsp3) is 0.250. The summed E-state index contributed by atoms with van der Waals surface area (Å²) in [5.74, 6) is -0.163. The van der Waals surface area contributed by atoms with Gasteiger partial charge in [-0.2, -0.15) is 16.4 Å². The highest BCUT2D eigenvalue weighted by molar-refractivity contribution is 7.08. The van der Waals surface area contributed by atoms with Crippen LogP contribution in [0.3, 0.4) is 0 Å². The fourth-order valence-electron chi connectivity index (χ4n) is 3.24. The molecule has 1 aliphatic rings. The lowest BCUT2D eigenvalue weighted by Gasteiger charge is -2.11. The van der Waals surface area contributed by atoms with E-state index in [4.69, 9.17) is 0 Å². The Morgan fingerprint density at radius 2 is 2.04 bits per heavy atom. The van der Waals surface area contributed by atoms with Crippen molar-refractivity contribution in [2.24, 2.45) is 0 Å². The maximum absolute atomic E-state index is 12.3. The first kappa shape index (κ1) is 17.5. The largest absolute Gasteiger partial charge is 0.351 e. The van der Waals surface area contributed by atoms with E-state index >= 15 is 0 Å². The second-order valence-corrected chi connectivity index (χ2v) is 7.43. The lowest BCUT2D eigenvalue weighted by atomic mass is 10.1. The first-order chi connectivity index (χ1) is 13.2. The van der Waals surface area contributed by atoms with Crippen molar-refractivity contribution >= 4 is 23.2 Å². The zero-order chi connectivity index (χ0) is 18.6. The number of fused-ring (bicyclic) bond motifs is 1. The molecule has 0 saturated carbocycles. The molecule has 6 nitrogen and oxygen atoms in total. The normalized spacial score (nSPS) is 15.3. The Morgan fingerprint density at radius 3 is 2.78 bits per heavy atom. The molecule has 0 saturated heterocycles. The summed E-state index contributed by atoms with van der Waals surface area (Å²) in [4.78, 5) is 24.4. The Balaban J connectivity index is 1.29. The summed E-state index contributed by atoms with van der Waals surface area (Å²) in [6, 6.07) is 13.6. The van der Waals surface area contributed by atoms with E-state index in [9.17, 15) is 9.59 Å². The van der Waals surface area contributed by atoms with Crippen molar-refractivity contribution in [3.63, 3.8) is 0 Å². The standard InChI is InChI=1S/C20H20N4O2S/c25-19(8-15-6-7-27-13-15)22-16-9-17-10-18(23-24(17)12-16)20(26)21-11-14-4-2-1-3-5-14/h1-7,10,13,16H,8-9,11-12H2,(H,21,26)(H,22,25). The van der Waals surface area contributed by atoms with Crippen molar-refractivity contribution in [3.05, 3.63) is 75.7 Å². The Morgan fingerprint density at radius 1 is 1.19 bits per heavy atom. The van der Waals surface area contributed by atoms with Crippen LogP contribution in [0.25, 0.3) is 0 Å². The van der Waals surface area contributed by atoms with Gasteiger partial charge in [-0.15, -0.1) is 0 Å². The molecule has 7 heteroatoms. The molecule has 1 aliphatic heterocycles. The maximum Gasteiger partial charge on any atom is 0.272 e. The molecule has 2 aromatic heterocycles. The van der Waals surface area contributed by atoms with E-state index in [2.05, 4.69) is 15.7 Å². The molecule has 27 heavy (non-hydrogen) atoms. The van der Waals surface area contributed by atoms with Gasteiger partial charge in [-0.05, 0) is 34.0 Å². The van der Waals surface area contributed by atoms with Gasteiger partial charge in [-0.25, -0.2) is 0 Å². The van der Waals surface area contributed by atoms with Crippen molar-refractivity contribution in [1.82, 2.24) is 20.4 Å². The van der Waals surface area contributed by atoms with E-state index in [1.807, 2.05) is 57.9 Å². The smallest absolute Gasteiger partial charge is 0.272 e. The number of nitrogens with zero attached hydrogens (tertiary/aromatic N) is 2. The van der Waals surface area contributed by atoms with E-state index in [-0.39, 0.29) is 17.9 Å². The van der Waals surface area contributed by atoms with Crippen LogP contribution < -0.4 is 10.6 Å². The van der Waals surface area contributed by atoms with Crippen LogP contribution in [0.5, 0.6) is 0 Å². The predicted molar refractivity (Wildman–Crippen MR) is 103 cm³/mol. The summed E-state index contributed by atoms with van der Waals surface area (Å²) >= 11 is 1.59. The summed E-state index contributed by atoms with van der Waals surface area (Å²) in [6.07, 6.45) is 1.09. The third-order valence-electron chi connectivity index (χ3n) is 4.55. The number of aromatic nitrogens is 2. The third kappa shape index (κ3) is 4.25. The Labute approximate surface area is 161 Å². The summed E-state index contributed by atoms with van der Waals surface area (Å²) in [6.45, 7) is 1.07. The number of hydrogen-bond acceptors (Lipinski definition) is 4. The molecule has 1 atom stereocenters. The molecule has 4 rings (SSSR count). The van der Waals surface area contributed by atoms with Crippen molar-refractivity contribution in [1.29, 1.82) is 0 Å². The minimum atomic E-state index is -0.182. The average Bonchev–Trinajstić information content (AvgIpc) is 3.37. The van der Waals surface area contributed by atoms with Crippen molar-refractivity contribution in [2.75, 3.05) is 0 Å². The minimum Gasteiger partial charge on any atom is -0.351 e. The van der Waals surface area contributed by atoms with E-state index in [0.29, 0.717) is 31.6 Å². The average molecular weight is 380 g/mol. The molecule has 1 aromatic carbocycles. The number of carbonyl (C=O) groups excluding carboxylic acids is 2. The highest BCUT2D eigenvalue weighted by atomic mass is 32.1. The van der Waals surface area contributed by atoms with Gasteiger partial charge >= 0.3 is 0 Å². The van der Waals surface area contributed by atoms with Gasteiger partial charge in [0.1, 0.15) is 5.69 Å². The van der Waals surface area contributed by atoms with Gasteiger partial charge in [0.2, 0.25) is 5.91 Å². The van der Waals surface area contributed by atoms with E-state index in [1.165, 1.54) is 0 Å². The molecule has 3 aromatic rings. The fourth-order valence-corrected chi connectivity index (χ4v) is 3.91. The summed E-state index contributed by atoms with van der Waals surface area (Å²) in [7, 11) is 0. The van der Waals surface area contributed by atoms with Crippen molar-refractivity contribution in [3.8, 4) is 0 Å². The van der Waals surface area contributed by atoms with Gasteiger partial charge in [0.05, 0.1) is 19.0 Å². The molecule has 0 fully saturated rings. The molecule has 0 aliphatic carbocycles. The number of nitrogens with one attached hydrogen (secondary N) is 2. The number of amides is 2. The maximum atomic E-state index is 12.3. The topological polar surface area (TPSA) is 76.0 Å². The molecular formula is C20H20N4O2S. The molecule has 3 heterocycles. The molecule has 2 N–H and O–H groups in total. The highest BCUT2D eigenvalue weighted by Crippen LogP contribution is 2.17. The van der Waals surface area contributed by atoms with Gasteiger partial charge in [-0.3, -0.25) is 14.3 Å². The molecule has 0 spiro atoms. The third-order valence-corrected chi connectivity index (χ3v) is 5.28. The lowest BCUT2D eigenvalue weighted by molar-refractivity contribution is -0.121. The summed E-state index contributed by atoms with van der Waals surface area (Å²) in [5.41, 5.74) is 3.47. The monoisotopic (exact) mass is 380 g/mol. The lowest BCUT2D eigenvalue weighted by Crippen LogP contribution is -2.37. The molecule has 138 valence electrons. The van der Waals surface area contributed by atoms with Crippen LogP contribution in [0.4, 0.5) is 0 Å². The van der Waals surface area contributed by atoms with Crippen molar-refractivity contribution in [2.45, 2.75) is 32.0 Å². The first-order valence-corrected chi connectivity index (χ1v) is 9.81. The van der Waals surface area contributed by atoms with Gasteiger partial charge in [0.25, 0.3) is 5.91 Å². The number of thiophene rings is 1. The van der Waals surface area contributed by atoms with Crippen LogP contribution in [0, 0.1) is 0 Å². The molecular weight excluding hydrogens is 360 g/mol. The molecule has 0 radical (unpaired) electrons. The van der Waals surface area contributed by atoms with Gasteiger partial charge in [0, 0.05) is 18.7 Å². The van der Waals surface area contributed by atoms with E-state index < -0.39 is 0 Å². The number of rotatable bonds is 6. The Hall–Kier alpha value is -2.93. The van der Waals surface area contributed by atoms with Crippen LogP contribution in [0.15, 0.2) is 53.2 Å². The van der Waals surface area contributed by atoms with Crippen LogP contribution in [-0.4, -0.2) is 27.6 Å². The summed E-state index contributed by atoms with van der Waals surface area (Å²) in [5, 5.41) is 14.3. The zero-order valence-corrected chi connectivity index (χ0v) is 15.5. The number of benzene rings is 1. The summed E-state index contributed by atoms with van der Waals surface area (Å²) < 4.78 is 1.81. The minimum absolute atomic E-state index is 0.0185. The molecule has 0 bridgehead atoms. The zero-order valence-electron chi connectivity index (χ0n) is 14.7. The van der Waals surface area contributed by atoms with Crippen LogP contribution in [-0.2, 0) is 30.7 Å². The van der Waals surface area contributed by atoms with Crippen LogP contribution in [0.1, 0.15) is 27.3 Å². The first-order valence-electron chi connectivity index (χ1n) is 8.86. The van der Waals surface area contributed by atoms with Gasteiger partial charge in [0.15, 0.2) is 0 Å². The molecule has 1 unspecified atom stereocenters. The van der Waals surface area contributed by atoms with Gasteiger partial charge in [-0.1, -0.05) is 30.3 Å². The molecule has 2 amide bonds. The van der Waals surface area contributed by atoms with Crippen LogP contribution in [0.2, 0.25) is 0 Å². The number of hydrogen-bond donors (Lipinski definition) is 2. The van der Waals surface area contributed by atoms with E-state index in [1.54, 1.807) is 11.3 Å².